The first-order chi connectivity index (χ1) is 12.3. The van der Waals surface area contributed by atoms with Crippen molar-refractivity contribution in [3.63, 3.8) is 0 Å². The van der Waals surface area contributed by atoms with Gasteiger partial charge < -0.3 is 14.7 Å². The SMILES string of the molecule is Cc1noc2ncnc(N3CCCC(C)C3CCNC(=O)C(C)(C)C)c12. The number of aryl methyl sites for hydroxylation is 1. The minimum atomic E-state index is -0.365. The van der Waals surface area contributed by atoms with Gasteiger partial charge in [0.15, 0.2) is 0 Å². The molecule has 0 bridgehead atoms. The molecule has 3 rings (SSSR count). The van der Waals surface area contributed by atoms with Gasteiger partial charge in [-0.1, -0.05) is 32.9 Å². The van der Waals surface area contributed by atoms with E-state index < -0.39 is 0 Å². The van der Waals surface area contributed by atoms with Crippen LogP contribution in [0.2, 0.25) is 0 Å². The summed E-state index contributed by atoms with van der Waals surface area (Å²) < 4.78 is 5.31. The fourth-order valence-corrected chi connectivity index (χ4v) is 3.67. The van der Waals surface area contributed by atoms with Crippen LogP contribution in [0.3, 0.4) is 0 Å². The third-order valence-corrected chi connectivity index (χ3v) is 5.22. The van der Waals surface area contributed by atoms with Gasteiger partial charge >= 0.3 is 0 Å². The molecule has 0 aromatic carbocycles. The summed E-state index contributed by atoms with van der Waals surface area (Å²) in [6.45, 7) is 11.6. The lowest BCUT2D eigenvalue weighted by molar-refractivity contribution is -0.128. The van der Waals surface area contributed by atoms with Gasteiger partial charge in [-0.25, -0.2) is 4.98 Å². The van der Waals surface area contributed by atoms with Crippen molar-refractivity contribution in [3.8, 4) is 0 Å². The molecule has 2 atom stereocenters. The number of carbonyl (C=O) groups excluding carboxylic acids is 1. The highest BCUT2D eigenvalue weighted by molar-refractivity contribution is 5.88. The molecular weight excluding hydrogens is 330 g/mol. The molecule has 2 aromatic heterocycles. The van der Waals surface area contributed by atoms with Gasteiger partial charge in [-0.15, -0.1) is 0 Å². The molecule has 142 valence electrons. The van der Waals surface area contributed by atoms with Crippen LogP contribution in [-0.4, -0.2) is 40.2 Å². The monoisotopic (exact) mass is 359 g/mol. The van der Waals surface area contributed by atoms with Gasteiger partial charge in [-0.3, -0.25) is 4.79 Å². The molecule has 26 heavy (non-hydrogen) atoms. The van der Waals surface area contributed by atoms with E-state index in [1.165, 1.54) is 6.42 Å². The van der Waals surface area contributed by atoms with Gasteiger partial charge in [0.2, 0.25) is 5.91 Å². The van der Waals surface area contributed by atoms with Crippen molar-refractivity contribution in [1.82, 2.24) is 20.4 Å². The lowest BCUT2D eigenvalue weighted by atomic mass is 9.88. The van der Waals surface area contributed by atoms with E-state index in [1.54, 1.807) is 6.33 Å². The van der Waals surface area contributed by atoms with Crippen LogP contribution >= 0.6 is 0 Å². The molecule has 1 amide bonds. The summed E-state index contributed by atoms with van der Waals surface area (Å²) in [5.41, 5.74) is 0.982. The number of anilines is 1. The maximum absolute atomic E-state index is 12.2. The Balaban J connectivity index is 1.80. The van der Waals surface area contributed by atoms with E-state index in [9.17, 15) is 4.79 Å². The fourth-order valence-electron chi connectivity index (χ4n) is 3.67. The zero-order chi connectivity index (χ0) is 18.9. The highest BCUT2D eigenvalue weighted by Gasteiger charge is 2.32. The summed E-state index contributed by atoms with van der Waals surface area (Å²) in [6, 6.07) is 0.316. The van der Waals surface area contributed by atoms with E-state index >= 15 is 0 Å². The first-order valence-electron chi connectivity index (χ1n) is 9.41. The molecule has 1 fully saturated rings. The molecule has 7 nitrogen and oxygen atoms in total. The Morgan fingerprint density at radius 3 is 2.88 bits per heavy atom. The maximum atomic E-state index is 12.2. The summed E-state index contributed by atoms with van der Waals surface area (Å²) >= 11 is 0. The summed E-state index contributed by atoms with van der Waals surface area (Å²) in [6.07, 6.45) is 4.74. The zero-order valence-corrected chi connectivity index (χ0v) is 16.4. The Morgan fingerprint density at radius 2 is 2.15 bits per heavy atom. The number of hydrogen-bond donors (Lipinski definition) is 1. The van der Waals surface area contributed by atoms with E-state index in [4.69, 9.17) is 4.52 Å². The van der Waals surface area contributed by atoms with Crippen LogP contribution in [0.25, 0.3) is 11.1 Å². The standard InChI is InChI=1S/C19H29N5O2/c1-12-7-6-10-24(14(12)8-9-20-18(25)19(3,4)5)16-15-13(2)23-26-17(15)22-11-21-16/h11-12,14H,6-10H2,1-5H3,(H,20,25). The highest BCUT2D eigenvalue weighted by atomic mass is 16.5. The first-order valence-corrected chi connectivity index (χ1v) is 9.41. The smallest absolute Gasteiger partial charge is 0.263 e. The van der Waals surface area contributed by atoms with Gasteiger partial charge in [-0.2, -0.15) is 4.98 Å². The summed E-state index contributed by atoms with van der Waals surface area (Å²) in [7, 11) is 0. The first kappa shape index (κ1) is 18.6. The third-order valence-electron chi connectivity index (χ3n) is 5.22. The molecule has 0 saturated carbocycles. The average molecular weight is 359 g/mol. The summed E-state index contributed by atoms with van der Waals surface area (Å²) in [5.74, 6) is 1.51. The Morgan fingerprint density at radius 1 is 1.38 bits per heavy atom. The van der Waals surface area contributed by atoms with Gasteiger partial charge in [0.1, 0.15) is 17.5 Å². The van der Waals surface area contributed by atoms with Gasteiger partial charge in [0.25, 0.3) is 5.71 Å². The number of nitrogens with zero attached hydrogens (tertiary/aromatic N) is 4. The highest BCUT2D eigenvalue weighted by Crippen LogP contribution is 2.34. The second-order valence-electron chi connectivity index (χ2n) is 8.32. The third kappa shape index (κ3) is 3.66. The van der Waals surface area contributed by atoms with E-state index in [-0.39, 0.29) is 11.3 Å². The summed E-state index contributed by atoms with van der Waals surface area (Å²) in [5, 5.41) is 8.02. The van der Waals surface area contributed by atoms with Crippen LogP contribution < -0.4 is 10.2 Å². The Labute approximate surface area is 154 Å². The maximum Gasteiger partial charge on any atom is 0.263 e. The van der Waals surface area contributed by atoms with Crippen molar-refractivity contribution in [2.45, 2.75) is 59.9 Å². The number of nitrogens with one attached hydrogen (secondary N) is 1. The van der Waals surface area contributed by atoms with Gasteiger partial charge in [-0.05, 0) is 32.1 Å². The van der Waals surface area contributed by atoms with Crippen molar-refractivity contribution in [2.24, 2.45) is 11.3 Å². The number of hydrogen-bond acceptors (Lipinski definition) is 6. The van der Waals surface area contributed by atoms with E-state index in [0.717, 1.165) is 36.3 Å². The van der Waals surface area contributed by atoms with E-state index in [0.29, 0.717) is 24.2 Å². The van der Waals surface area contributed by atoms with Crippen LogP contribution in [0.5, 0.6) is 0 Å². The minimum absolute atomic E-state index is 0.0896. The molecule has 1 N–H and O–H groups in total. The molecule has 0 radical (unpaired) electrons. The van der Waals surface area contributed by atoms with Gasteiger partial charge in [0, 0.05) is 24.5 Å². The van der Waals surface area contributed by atoms with Crippen LogP contribution in [0.1, 0.15) is 52.7 Å². The second kappa shape index (κ2) is 7.21. The zero-order valence-electron chi connectivity index (χ0n) is 16.4. The Kier molecular flexibility index (Phi) is 5.16. The molecule has 0 aliphatic carbocycles. The number of aromatic nitrogens is 3. The molecule has 0 spiro atoms. The quantitative estimate of drug-likeness (QED) is 0.903. The Bertz CT molecular complexity index is 780. The van der Waals surface area contributed by atoms with Crippen molar-refractivity contribution < 1.29 is 9.32 Å². The largest absolute Gasteiger partial charge is 0.356 e. The molecule has 7 heteroatoms. The Hall–Kier alpha value is -2.18. The fraction of sp³-hybridized carbons (Fsp3) is 0.684. The van der Waals surface area contributed by atoms with Crippen molar-refractivity contribution in [1.29, 1.82) is 0 Å². The van der Waals surface area contributed by atoms with E-state index in [1.807, 2.05) is 27.7 Å². The topological polar surface area (TPSA) is 84.2 Å². The number of amides is 1. The predicted octanol–water partition coefficient (Wildman–Crippen LogP) is 3.08. The lowest BCUT2D eigenvalue weighted by Crippen LogP contribution is -2.47. The lowest BCUT2D eigenvalue weighted by Gasteiger charge is -2.41. The van der Waals surface area contributed by atoms with Crippen LogP contribution in [-0.2, 0) is 4.79 Å². The molecule has 3 heterocycles. The number of carbonyl (C=O) groups is 1. The van der Waals surface area contributed by atoms with Crippen molar-refractivity contribution in [3.05, 3.63) is 12.0 Å². The van der Waals surface area contributed by atoms with Crippen LogP contribution in [0, 0.1) is 18.3 Å². The minimum Gasteiger partial charge on any atom is -0.356 e. The average Bonchev–Trinajstić information content (AvgIpc) is 2.97. The molecule has 1 aliphatic rings. The van der Waals surface area contributed by atoms with Crippen LogP contribution in [0.4, 0.5) is 5.82 Å². The van der Waals surface area contributed by atoms with Gasteiger partial charge in [0.05, 0.1) is 5.69 Å². The molecule has 1 saturated heterocycles. The van der Waals surface area contributed by atoms with Crippen molar-refractivity contribution >= 4 is 22.8 Å². The number of fused-ring (bicyclic) bond motifs is 1. The number of piperidine rings is 1. The predicted molar refractivity (Wildman–Crippen MR) is 101 cm³/mol. The molecule has 2 unspecified atom stereocenters. The summed E-state index contributed by atoms with van der Waals surface area (Å²) in [4.78, 5) is 23.3. The van der Waals surface area contributed by atoms with Crippen molar-refractivity contribution in [2.75, 3.05) is 18.0 Å². The van der Waals surface area contributed by atoms with E-state index in [2.05, 4.69) is 32.3 Å². The molecule has 2 aromatic rings. The normalized spacial score (nSPS) is 21.2. The second-order valence-corrected chi connectivity index (χ2v) is 8.32. The number of rotatable bonds is 4. The van der Waals surface area contributed by atoms with Crippen LogP contribution in [0.15, 0.2) is 10.9 Å². The molecule has 1 aliphatic heterocycles. The molecular formula is C19H29N5O2.